The van der Waals surface area contributed by atoms with E-state index in [0.717, 1.165) is 5.69 Å². The third kappa shape index (κ3) is 3.33. The SMILES string of the molecule is Cc1cccc(N2CCN(S(=O)(=O)c3cc(-c4ccno4)oc3C)C[C@@H]2C)c1. The Morgan fingerprint density at radius 2 is 1.93 bits per heavy atom. The highest BCUT2D eigenvalue weighted by molar-refractivity contribution is 7.89. The fraction of sp³-hybridized carbons (Fsp3) is 0.350. The normalized spacial score (nSPS) is 18.5. The van der Waals surface area contributed by atoms with Crippen LogP contribution in [0.25, 0.3) is 11.5 Å². The molecule has 3 heterocycles. The monoisotopic (exact) mass is 401 g/mol. The second-order valence-electron chi connectivity index (χ2n) is 7.15. The van der Waals surface area contributed by atoms with E-state index < -0.39 is 10.0 Å². The van der Waals surface area contributed by atoms with Crippen molar-refractivity contribution in [2.45, 2.75) is 31.7 Å². The zero-order chi connectivity index (χ0) is 19.9. The summed E-state index contributed by atoms with van der Waals surface area (Å²) in [6.45, 7) is 7.23. The minimum atomic E-state index is -3.66. The van der Waals surface area contributed by atoms with Crippen LogP contribution in [-0.4, -0.2) is 43.6 Å². The number of anilines is 1. The Morgan fingerprint density at radius 1 is 1.11 bits per heavy atom. The number of aryl methyl sites for hydroxylation is 2. The fourth-order valence-corrected chi connectivity index (χ4v) is 5.33. The minimum Gasteiger partial charge on any atom is -0.457 e. The van der Waals surface area contributed by atoms with Gasteiger partial charge in [0.1, 0.15) is 10.7 Å². The molecule has 1 fully saturated rings. The van der Waals surface area contributed by atoms with E-state index in [1.165, 1.54) is 22.1 Å². The molecular weight excluding hydrogens is 378 g/mol. The van der Waals surface area contributed by atoms with Crippen molar-refractivity contribution in [1.29, 1.82) is 0 Å². The van der Waals surface area contributed by atoms with Crippen LogP contribution in [-0.2, 0) is 10.0 Å². The molecule has 2 aromatic heterocycles. The Labute approximate surface area is 164 Å². The summed E-state index contributed by atoms with van der Waals surface area (Å²) in [5, 5.41) is 3.64. The molecule has 0 unspecified atom stereocenters. The van der Waals surface area contributed by atoms with Gasteiger partial charge >= 0.3 is 0 Å². The smallest absolute Gasteiger partial charge is 0.246 e. The molecular formula is C20H23N3O4S. The standard InChI is InChI=1S/C20H23N3O4S/c1-14-5-4-6-17(11-14)23-10-9-22(13-15(23)2)28(24,25)20-12-19(26-16(20)3)18-7-8-21-27-18/h4-8,11-12,15H,9-10,13H2,1-3H3/t15-/m0/s1. The van der Waals surface area contributed by atoms with Gasteiger partial charge in [-0.2, -0.15) is 4.31 Å². The third-order valence-electron chi connectivity index (χ3n) is 5.09. The van der Waals surface area contributed by atoms with Gasteiger partial charge in [0.2, 0.25) is 15.8 Å². The van der Waals surface area contributed by atoms with E-state index in [4.69, 9.17) is 8.94 Å². The largest absolute Gasteiger partial charge is 0.457 e. The number of nitrogens with zero attached hydrogens (tertiary/aromatic N) is 3. The molecule has 1 atom stereocenters. The summed E-state index contributed by atoms with van der Waals surface area (Å²) >= 11 is 0. The van der Waals surface area contributed by atoms with Crippen LogP contribution in [0.2, 0.25) is 0 Å². The lowest BCUT2D eigenvalue weighted by Crippen LogP contribution is -2.53. The van der Waals surface area contributed by atoms with E-state index in [1.54, 1.807) is 13.0 Å². The van der Waals surface area contributed by atoms with Gasteiger partial charge in [0.05, 0.1) is 6.20 Å². The predicted octanol–water partition coefficient (Wildman–Crippen LogP) is 3.45. The second kappa shape index (κ2) is 7.10. The Bertz CT molecular complexity index is 1070. The first-order valence-electron chi connectivity index (χ1n) is 9.21. The Kier molecular flexibility index (Phi) is 4.76. The predicted molar refractivity (Wildman–Crippen MR) is 106 cm³/mol. The molecule has 0 amide bonds. The van der Waals surface area contributed by atoms with Crippen molar-refractivity contribution in [3.8, 4) is 11.5 Å². The molecule has 0 spiro atoms. The first-order chi connectivity index (χ1) is 13.4. The summed E-state index contributed by atoms with van der Waals surface area (Å²) in [5.74, 6) is 1.11. The maximum absolute atomic E-state index is 13.2. The zero-order valence-electron chi connectivity index (χ0n) is 16.1. The van der Waals surface area contributed by atoms with Crippen LogP contribution in [0.4, 0.5) is 5.69 Å². The van der Waals surface area contributed by atoms with Crippen molar-refractivity contribution in [1.82, 2.24) is 9.46 Å². The molecule has 0 radical (unpaired) electrons. The van der Waals surface area contributed by atoms with Crippen LogP contribution >= 0.6 is 0 Å². The van der Waals surface area contributed by atoms with Crippen LogP contribution in [0, 0.1) is 13.8 Å². The quantitative estimate of drug-likeness (QED) is 0.666. The summed E-state index contributed by atoms with van der Waals surface area (Å²) in [6, 6.07) is 11.5. The molecule has 1 aliphatic rings. The van der Waals surface area contributed by atoms with Gasteiger partial charge in [0, 0.05) is 43.5 Å². The van der Waals surface area contributed by atoms with Gasteiger partial charge in [-0.05, 0) is 38.5 Å². The lowest BCUT2D eigenvalue weighted by Gasteiger charge is -2.40. The molecule has 28 heavy (non-hydrogen) atoms. The average Bonchev–Trinajstić information content (AvgIpc) is 3.31. The molecule has 0 aliphatic carbocycles. The van der Waals surface area contributed by atoms with Crippen LogP contribution in [0.15, 0.2) is 56.4 Å². The molecule has 7 nitrogen and oxygen atoms in total. The van der Waals surface area contributed by atoms with Crippen molar-refractivity contribution in [3.05, 3.63) is 53.9 Å². The Morgan fingerprint density at radius 3 is 2.61 bits per heavy atom. The van der Waals surface area contributed by atoms with Crippen LogP contribution in [0.5, 0.6) is 0 Å². The van der Waals surface area contributed by atoms with Gasteiger partial charge in [-0.3, -0.25) is 0 Å². The van der Waals surface area contributed by atoms with Crippen LogP contribution < -0.4 is 4.90 Å². The topological polar surface area (TPSA) is 79.8 Å². The minimum absolute atomic E-state index is 0.0614. The average molecular weight is 401 g/mol. The van der Waals surface area contributed by atoms with Crippen molar-refractivity contribution < 1.29 is 17.4 Å². The molecule has 1 aromatic carbocycles. The summed E-state index contributed by atoms with van der Waals surface area (Å²) in [4.78, 5) is 2.43. The molecule has 4 rings (SSSR count). The van der Waals surface area contributed by atoms with E-state index in [1.807, 2.05) is 13.0 Å². The number of rotatable bonds is 4. The molecule has 0 saturated carbocycles. The third-order valence-corrected chi connectivity index (χ3v) is 7.07. The molecule has 1 aliphatic heterocycles. The van der Waals surface area contributed by atoms with Crippen molar-refractivity contribution >= 4 is 15.7 Å². The highest BCUT2D eigenvalue weighted by Crippen LogP contribution is 2.31. The summed E-state index contributed by atoms with van der Waals surface area (Å²) in [5.41, 5.74) is 2.31. The second-order valence-corrected chi connectivity index (χ2v) is 9.06. The van der Waals surface area contributed by atoms with Gasteiger partial charge < -0.3 is 13.8 Å². The highest BCUT2D eigenvalue weighted by Gasteiger charge is 2.35. The Balaban J connectivity index is 1.57. The maximum Gasteiger partial charge on any atom is 0.246 e. The van der Waals surface area contributed by atoms with Gasteiger partial charge in [-0.15, -0.1) is 0 Å². The van der Waals surface area contributed by atoms with Crippen LogP contribution in [0.3, 0.4) is 0 Å². The molecule has 0 N–H and O–H groups in total. The summed E-state index contributed by atoms with van der Waals surface area (Å²) in [6.07, 6.45) is 1.49. The summed E-state index contributed by atoms with van der Waals surface area (Å²) < 4.78 is 38.7. The number of furan rings is 1. The van der Waals surface area contributed by atoms with E-state index in [2.05, 4.69) is 35.2 Å². The number of piperazine rings is 1. The molecule has 8 heteroatoms. The van der Waals surface area contributed by atoms with Gasteiger partial charge in [-0.1, -0.05) is 17.3 Å². The number of hydrogen-bond donors (Lipinski definition) is 0. The molecule has 3 aromatic rings. The van der Waals surface area contributed by atoms with Crippen molar-refractivity contribution in [2.75, 3.05) is 24.5 Å². The maximum atomic E-state index is 13.2. The van der Waals surface area contributed by atoms with E-state index in [-0.39, 0.29) is 10.9 Å². The number of aromatic nitrogens is 1. The Hall–Kier alpha value is -2.58. The van der Waals surface area contributed by atoms with Crippen molar-refractivity contribution in [3.63, 3.8) is 0 Å². The number of benzene rings is 1. The van der Waals surface area contributed by atoms with Gasteiger partial charge in [0.15, 0.2) is 5.76 Å². The first kappa shape index (κ1) is 18.8. The van der Waals surface area contributed by atoms with Gasteiger partial charge in [0.25, 0.3) is 0 Å². The van der Waals surface area contributed by atoms with Crippen LogP contribution in [0.1, 0.15) is 18.2 Å². The number of hydrogen-bond acceptors (Lipinski definition) is 6. The zero-order valence-corrected chi connectivity index (χ0v) is 16.9. The van der Waals surface area contributed by atoms with Crippen molar-refractivity contribution in [2.24, 2.45) is 0 Å². The van der Waals surface area contributed by atoms with E-state index in [0.29, 0.717) is 36.9 Å². The molecule has 0 bridgehead atoms. The number of sulfonamides is 1. The first-order valence-corrected chi connectivity index (χ1v) is 10.7. The van der Waals surface area contributed by atoms with Gasteiger partial charge in [-0.25, -0.2) is 8.42 Å². The highest BCUT2D eigenvalue weighted by atomic mass is 32.2. The summed E-state index contributed by atoms with van der Waals surface area (Å²) in [7, 11) is -3.66. The van der Waals surface area contributed by atoms with E-state index in [9.17, 15) is 8.42 Å². The van der Waals surface area contributed by atoms with E-state index >= 15 is 0 Å². The lowest BCUT2D eigenvalue weighted by atomic mass is 10.1. The fourth-order valence-electron chi connectivity index (χ4n) is 3.66. The molecule has 148 valence electrons. The lowest BCUT2D eigenvalue weighted by molar-refractivity contribution is 0.342. The molecule has 1 saturated heterocycles.